The third-order valence-electron chi connectivity index (χ3n) is 3.30. The Labute approximate surface area is 110 Å². The topological polar surface area (TPSA) is 3.24 Å². The average Bonchev–Trinajstić information content (AvgIpc) is 2.91. The first-order chi connectivity index (χ1) is 8.81. The fraction of sp³-hybridized carbons (Fsp3) is 0.294. The third kappa shape index (κ3) is 3.44. The summed E-state index contributed by atoms with van der Waals surface area (Å²) in [6, 6.07) is 8.86. The Morgan fingerprint density at radius 2 is 1.56 bits per heavy atom. The highest BCUT2D eigenvalue weighted by Gasteiger charge is 2.00. The second kappa shape index (κ2) is 6.36. The lowest BCUT2D eigenvalue weighted by Crippen LogP contribution is -2.21. The van der Waals surface area contributed by atoms with Crippen molar-refractivity contribution in [3.63, 3.8) is 0 Å². The van der Waals surface area contributed by atoms with Crippen LogP contribution in [-0.4, -0.2) is 18.0 Å². The largest absolute Gasteiger partial charge is 0.300 e. The van der Waals surface area contributed by atoms with E-state index in [1.165, 1.54) is 16.7 Å². The van der Waals surface area contributed by atoms with E-state index >= 15 is 0 Å². The molecule has 0 bridgehead atoms. The van der Waals surface area contributed by atoms with Crippen molar-refractivity contribution < 1.29 is 0 Å². The fourth-order valence-corrected chi connectivity index (χ4v) is 2.10. The van der Waals surface area contributed by atoms with Gasteiger partial charge < -0.3 is 0 Å². The second-order valence-electron chi connectivity index (χ2n) is 4.57. The molecule has 0 aliphatic heterocycles. The lowest BCUT2D eigenvalue weighted by atomic mass is 10.1. The predicted octanol–water partition coefficient (Wildman–Crippen LogP) is 4.04. The Bertz CT molecular complexity index is 445. The van der Waals surface area contributed by atoms with E-state index < -0.39 is 0 Å². The molecule has 1 heteroatoms. The number of allylic oxidation sites excluding steroid dienone is 5. The van der Waals surface area contributed by atoms with Crippen molar-refractivity contribution in [3.8, 4) is 0 Å². The van der Waals surface area contributed by atoms with Crippen LogP contribution in [0.5, 0.6) is 0 Å². The van der Waals surface area contributed by atoms with Gasteiger partial charge in [0.25, 0.3) is 0 Å². The second-order valence-corrected chi connectivity index (χ2v) is 4.57. The molecule has 0 saturated heterocycles. The van der Waals surface area contributed by atoms with Crippen LogP contribution < -0.4 is 0 Å². The summed E-state index contributed by atoms with van der Waals surface area (Å²) in [6.07, 6.45) is 10.6. The highest BCUT2D eigenvalue weighted by molar-refractivity contribution is 5.62. The molecular weight excluding hydrogens is 218 g/mol. The summed E-state index contributed by atoms with van der Waals surface area (Å²) < 4.78 is 0. The van der Waals surface area contributed by atoms with E-state index in [-0.39, 0.29) is 0 Å². The van der Waals surface area contributed by atoms with E-state index in [2.05, 4.69) is 73.4 Å². The van der Waals surface area contributed by atoms with Crippen LogP contribution in [0.1, 0.15) is 25.0 Å². The van der Waals surface area contributed by atoms with Crippen LogP contribution in [0.2, 0.25) is 0 Å². The molecule has 18 heavy (non-hydrogen) atoms. The van der Waals surface area contributed by atoms with E-state index in [0.29, 0.717) is 0 Å². The maximum Gasteiger partial charge on any atom is 0.0233 e. The summed E-state index contributed by atoms with van der Waals surface area (Å²) in [7, 11) is 0. The van der Waals surface area contributed by atoms with Gasteiger partial charge in [0.1, 0.15) is 0 Å². The van der Waals surface area contributed by atoms with Gasteiger partial charge in [-0.2, -0.15) is 0 Å². The standard InChI is InChI=1S/C17H21N/c1-3-18(4-2)14-17-11-9-16(10-12-17)13-15-7-5-6-8-15/h5-13H,3-4,14H2,1-2H3. The Balaban J connectivity index is 2.03. The lowest BCUT2D eigenvalue weighted by molar-refractivity contribution is 0.296. The molecule has 0 atom stereocenters. The smallest absolute Gasteiger partial charge is 0.0233 e. The van der Waals surface area contributed by atoms with Crippen molar-refractivity contribution in [2.45, 2.75) is 20.4 Å². The fourth-order valence-electron chi connectivity index (χ4n) is 2.10. The SMILES string of the molecule is CCN(CC)Cc1ccc(C=C2C=CC=C2)cc1. The van der Waals surface area contributed by atoms with E-state index in [4.69, 9.17) is 0 Å². The van der Waals surface area contributed by atoms with Gasteiger partial charge in [-0.1, -0.05) is 62.4 Å². The molecular formula is C17H21N. The summed E-state index contributed by atoms with van der Waals surface area (Å²) >= 11 is 0. The minimum atomic E-state index is 1.05. The molecule has 1 nitrogen and oxygen atoms in total. The maximum absolute atomic E-state index is 2.43. The van der Waals surface area contributed by atoms with Crippen LogP contribution in [0.4, 0.5) is 0 Å². The lowest BCUT2D eigenvalue weighted by Gasteiger charge is -2.17. The molecule has 0 saturated carbocycles. The molecule has 0 fully saturated rings. The van der Waals surface area contributed by atoms with Crippen LogP contribution in [0.25, 0.3) is 6.08 Å². The van der Waals surface area contributed by atoms with Crippen molar-refractivity contribution in [1.29, 1.82) is 0 Å². The number of hydrogen-bond acceptors (Lipinski definition) is 1. The van der Waals surface area contributed by atoms with Gasteiger partial charge in [0.2, 0.25) is 0 Å². The van der Waals surface area contributed by atoms with Crippen LogP contribution in [-0.2, 0) is 6.54 Å². The van der Waals surface area contributed by atoms with Crippen LogP contribution in [0.3, 0.4) is 0 Å². The van der Waals surface area contributed by atoms with E-state index in [1.807, 2.05) is 0 Å². The van der Waals surface area contributed by atoms with Gasteiger partial charge in [-0.15, -0.1) is 0 Å². The third-order valence-corrected chi connectivity index (χ3v) is 3.30. The molecule has 1 aromatic rings. The first-order valence-corrected chi connectivity index (χ1v) is 6.69. The Hall–Kier alpha value is -1.60. The molecule has 0 radical (unpaired) electrons. The summed E-state index contributed by atoms with van der Waals surface area (Å²) in [6.45, 7) is 7.68. The average molecular weight is 239 g/mol. The minimum absolute atomic E-state index is 1.05. The molecule has 1 aliphatic carbocycles. The van der Waals surface area contributed by atoms with Crippen molar-refractivity contribution in [2.24, 2.45) is 0 Å². The zero-order valence-corrected chi connectivity index (χ0v) is 11.3. The van der Waals surface area contributed by atoms with Gasteiger partial charge >= 0.3 is 0 Å². The molecule has 0 aromatic heterocycles. The van der Waals surface area contributed by atoms with Crippen molar-refractivity contribution in [1.82, 2.24) is 4.90 Å². The maximum atomic E-state index is 2.43. The molecule has 0 N–H and O–H groups in total. The molecule has 94 valence electrons. The molecule has 0 unspecified atom stereocenters. The molecule has 0 amide bonds. The highest BCUT2D eigenvalue weighted by atomic mass is 15.1. The monoisotopic (exact) mass is 239 g/mol. The quantitative estimate of drug-likeness (QED) is 0.749. The van der Waals surface area contributed by atoms with E-state index in [9.17, 15) is 0 Å². The molecule has 2 rings (SSSR count). The Morgan fingerprint density at radius 1 is 0.944 bits per heavy atom. The molecule has 0 heterocycles. The van der Waals surface area contributed by atoms with Gasteiger partial charge in [-0.25, -0.2) is 0 Å². The van der Waals surface area contributed by atoms with Crippen molar-refractivity contribution in [3.05, 3.63) is 65.3 Å². The van der Waals surface area contributed by atoms with Crippen molar-refractivity contribution in [2.75, 3.05) is 13.1 Å². The number of hydrogen-bond donors (Lipinski definition) is 0. The van der Waals surface area contributed by atoms with Crippen LogP contribution in [0, 0.1) is 0 Å². The highest BCUT2D eigenvalue weighted by Crippen LogP contribution is 2.14. The summed E-state index contributed by atoms with van der Waals surface area (Å²) in [4.78, 5) is 2.43. The van der Waals surface area contributed by atoms with Gasteiger partial charge in [0, 0.05) is 6.54 Å². The number of nitrogens with zero attached hydrogens (tertiary/aromatic N) is 1. The minimum Gasteiger partial charge on any atom is -0.300 e. The number of rotatable bonds is 5. The van der Waals surface area contributed by atoms with Crippen molar-refractivity contribution >= 4 is 6.08 Å². The van der Waals surface area contributed by atoms with Gasteiger partial charge in [-0.3, -0.25) is 4.90 Å². The Kier molecular flexibility index (Phi) is 4.54. The first-order valence-electron chi connectivity index (χ1n) is 6.69. The molecule has 1 aliphatic rings. The normalized spacial score (nSPS) is 13.6. The van der Waals surface area contributed by atoms with Crippen LogP contribution in [0.15, 0.2) is 54.1 Å². The van der Waals surface area contributed by atoms with Gasteiger partial charge in [-0.05, 0) is 35.9 Å². The van der Waals surface area contributed by atoms with E-state index in [1.54, 1.807) is 0 Å². The first kappa shape index (κ1) is 12.8. The Morgan fingerprint density at radius 3 is 2.11 bits per heavy atom. The van der Waals surface area contributed by atoms with Gasteiger partial charge in [0.15, 0.2) is 0 Å². The predicted molar refractivity (Wildman–Crippen MR) is 79.3 cm³/mol. The zero-order valence-electron chi connectivity index (χ0n) is 11.3. The van der Waals surface area contributed by atoms with E-state index in [0.717, 1.165) is 19.6 Å². The molecule has 1 aromatic carbocycles. The summed E-state index contributed by atoms with van der Waals surface area (Å²) in [5.74, 6) is 0. The zero-order chi connectivity index (χ0) is 12.8. The summed E-state index contributed by atoms with van der Waals surface area (Å²) in [5, 5.41) is 0. The number of benzene rings is 1. The van der Waals surface area contributed by atoms with Crippen LogP contribution >= 0.6 is 0 Å². The van der Waals surface area contributed by atoms with Gasteiger partial charge in [0.05, 0.1) is 0 Å². The summed E-state index contributed by atoms with van der Waals surface area (Å²) in [5.41, 5.74) is 3.93. The molecule has 0 spiro atoms.